The second-order valence-electron chi connectivity index (χ2n) is 17.6. The minimum Gasteiger partial charge on any atom is -0.469 e. The van der Waals surface area contributed by atoms with Crippen LogP contribution in [0, 0.1) is 93.2 Å². The Labute approximate surface area is 257 Å². The van der Waals surface area contributed by atoms with Crippen molar-refractivity contribution >= 4 is 11.9 Å². The van der Waals surface area contributed by atoms with Gasteiger partial charge in [-0.1, -0.05) is 48.5 Å². The maximum absolute atomic E-state index is 13.1. The Morgan fingerprint density at radius 3 is 2.19 bits per heavy atom. The Balaban J connectivity index is 1.40. The number of hydrogen-bond donors (Lipinski definition) is 0. The molecule has 0 radical (unpaired) electrons. The average molecular weight is 581 g/mol. The molecule has 0 aromatic heterocycles. The molecule has 0 bridgehead atoms. The first-order valence-corrected chi connectivity index (χ1v) is 17.3. The largest absolute Gasteiger partial charge is 0.469 e. The summed E-state index contributed by atoms with van der Waals surface area (Å²) >= 11 is 0. The molecule has 8 unspecified atom stereocenters. The number of terminal acetylenes is 1. The first kappa shape index (κ1) is 31.9. The van der Waals surface area contributed by atoms with Crippen molar-refractivity contribution in [3.8, 4) is 12.3 Å². The fraction of sp³-hybridized carbons (Fsp3) is 0.895. The van der Waals surface area contributed by atoms with Crippen LogP contribution in [-0.4, -0.2) is 25.2 Å². The lowest BCUT2D eigenvalue weighted by molar-refractivity contribution is -0.229. The number of fused-ring (bicyclic) bond motifs is 7. The standard InChI is InChI=1S/C38H60O4/c1-12-24-23(4)33-27(32-25(22(2)3)13-14-26(24)32)15-16-29-37(9)20-18-30(36(7,8)28(37)17-19-38(29,33)10)42-31(39)21-35(5,6)34(40)41-11/h1,22-30,32-33H,13-21H2,2-11H3/t23?,24-,25?,26?,27?,28?,29?,30-,32?,33?,37-,38+/m0/s1. The normalized spacial score (nSPS) is 46.0. The average Bonchev–Trinajstić information content (AvgIpc) is 3.34. The van der Waals surface area contributed by atoms with Crippen molar-refractivity contribution in [2.24, 2.45) is 80.8 Å². The van der Waals surface area contributed by atoms with Crippen molar-refractivity contribution in [3.05, 3.63) is 0 Å². The molecule has 0 aliphatic heterocycles. The fourth-order valence-electron chi connectivity index (χ4n) is 13.0. The van der Waals surface area contributed by atoms with Gasteiger partial charge < -0.3 is 9.47 Å². The summed E-state index contributed by atoms with van der Waals surface area (Å²) in [4.78, 5) is 25.3. The summed E-state index contributed by atoms with van der Waals surface area (Å²) in [5.41, 5.74) is -0.466. The number of esters is 2. The van der Waals surface area contributed by atoms with Crippen molar-refractivity contribution < 1.29 is 19.1 Å². The van der Waals surface area contributed by atoms with Crippen molar-refractivity contribution in [2.75, 3.05) is 7.11 Å². The predicted octanol–water partition coefficient (Wildman–Crippen LogP) is 8.57. The summed E-state index contributed by atoms with van der Waals surface area (Å²) in [5.74, 6) is 9.52. The summed E-state index contributed by atoms with van der Waals surface area (Å²) in [6.45, 7) is 20.9. The summed E-state index contributed by atoms with van der Waals surface area (Å²) in [6, 6.07) is 0. The fourth-order valence-corrected chi connectivity index (χ4v) is 13.0. The molecule has 42 heavy (non-hydrogen) atoms. The van der Waals surface area contributed by atoms with Gasteiger partial charge in [-0.15, -0.1) is 12.3 Å². The molecule has 0 N–H and O–H groups in total. The third-order valence-electron chi connectivity index (χ3n) is 14.6. The van der Waals surface area contributed by atoms with Gasteiger partial charge in [0, 0.05) is 11.3 Å². The Bertz CT molecular complexity index is 1100. The zero-order chi connectivity index (χ0) is 31.0. The van der Waals surface area contributed by atoms with Crippen LogP contribution < -0.4 is 0 Å². The molecule has 5 fully saturated rings. The highest BCUT2D eigenvalue weighted by Gasteiger charge is 2.68. The molecular formula is C38H60O4. The highest BCUT2D eigenvalue weighted by atomic mass is 16.5. The van der Waals surface area contributed by atoms with E-state index in [1.807, 2.05) is 0 Å². The van der Waals surface area contributed by atoms with Gasteiger partial charge in [-0.25, -0.2) is 0 Å². The predicted molar refractivity (Wildman–Crippen MR) is 168 cm³/mol. The lowest BCUT2D eigenvalue weighted by Gasteiger charge is -2.70. The van der Waals surface area contributed by atoms with E-state index in [-0.39, 0.29) is 35.3 Å². The van der Waals surface area contributed by atoms with E-state index in [2.05, 4.69) is 54.4 Å². The molecule has 0 heterocycles. The Morgan fingerprint density at radius 1 is 0.929 bits per heavy atom. The van der Waals surface area contributed by atoms with Crippen LogP contribution in [0.3, 0.4) is 0 Å². The van der Waals surface area contributed by atoms with E-state index in [1.54, 1.807) is 13.8 Å². The Hall–Kier alpha value is -1.50. The smallest absolute Gasteiger partial charge is 0.311 e. The van der Waals surface area contributed by atoms with E-state index in [9.17, 15) is 9.59 Å². The van der Waals surface area contributed by atoms with E-state index < -0.39 is 5.41 Å². The van der Waals surface area contributed by atoms with E-state index in [1.165, 1.54) is 45.6 Å². The third kappa shape index (κ3) is 4.68. The van der Waals surface area contributed by atoms with Crippen LogP contribution in [0.25, 0.3) is 0 Å². The SMILES string of the molecule is C#C[C@H]1C(C)C2C(CCC3[C@@]2(C)CCC2C(C)(C)[C@@H](OC(=O)CC(C)(C)C(=O)OC)CC[C@@]23C)C2C(C(C)C)CCC21. The van der Waals surface area contributed by atoms with Crippen molar-refractivity contribution in [1.29, 1.82) is 0 Å². The summed E-state index contributed by atoms with van der Waals surface area (Å²) in [5, 5.41) is 0. The molecule has 236 valence electrons. The molecule has 0 aromatic carbocycles. The van der Waals surface area contributed by atoms with Crippen molar-refractivity contribution in [2.45, 2.75) is 126 Å². The highest BCUT2D eigenvalue weighted by Crippen LogP contribution is 2.73. The van der Waals surface area contributed by atoms with E-state index in [0.29, 0.717) is 35.0 Å². The van der Waals surface area contributed by atoms with Crippen molar-refractivity contribution in [3.63, 3.8) is 0 Å². The number of hydrogen-bond acceptors (Lipinski definition) is 4. The third-order valence-corrected chi connectivity index (χ3v) is 14.6. The maximum Gasteiger partial charge on any atom is 0.311 e. The van der Waals surface area contributed by atoms with Gasteiger partial charge in [-0.3, -0.25) is 9.59 Å². The number of methoxy groups -OCH3 is 1. The zero-order valence-electron chi connectivity index (χ0n) is 28.4. The van der Waals surface area contributed by atoms with E-state index in [4.69, 9.17) is 15.9 Å². The molecule has 0 spiro atoms. The summed E-state index contributed by atoms with van der Waals surface area (Å²) < 4.78 is 11.2. The molecular weight excluding hydrogens is 520 g/mol. The number of carbonyl (C=O) groups is 2. The molecule has 5 aliphatic carbocycles. The molecule has 0 saturated heterocycles. The highest BCUT2D eigenvalue weighted by molar-refractivity contribution is 5.82. The van der Waals surface area contributed by atoms with Gasteiger partial charge in [0.15, 0.2) is 0 Å². The molecule has 4 heteroatoms. The van der Waals surface area contributed by atoms with Gasteiger partial charge in [-0.2, -0.15) is 0 Å². The molecule has 12 atom stereocenters. The first-order chi connectivity index (χ1) is 19.5. The Morgan fingerprint density at radius 2 is 1.57 bits per heavy atom. The van der Waals surface area contributed by atoms with Gasteiger partial charge in [0.25, 0.3) is 0 Å². The molecule has 5 aliphatic rings. The first-order valence-electron chi connectivity index (χ1n) is 17.3. The van der Waals surface area contributed by atoms with Crippen LogP contribution >= 0.6 is 0 Å². The number of rotatable bonds is 5. The van der Waals surface area contributed by atoms with Gasteiger partial charge in [0.05, 0.1) is 18.9 Å². The minimum atomic E-state index is -0.885. The molecule has 5 saturated carbocycles. The Kier molecular flexibility index (Phi) is 8.23. The topological polar surface area (TPSA) is 52.6 Å². The van der Waals surface area contributed by atoms with E-state index >= 15 is 0 Å². The molecule has 5 rings (SSSR count). The molecule has 0 aromatic rings. The maximum atomic E-state index is 13.1. The van der Waals surface area contributed by atoms with Crippen LogP contribution in [0.2, 0.25) is 0 Å². The quantitative estimate of drug-likeness (QED) is 0.241. The molecule has 4 nitrogen and oxygen atoms in total. The van der Waals surface area contributed by atoms with Crippen LogP contribution in [0.4, 0.5) is 0 Å². The van der Waals surface area contributed by atoms with Crippen LogP contribution in [0.1, 0.15) is 120 Å². The summed E-state index contributed by atoms with van der Waals surface area (Å²) in [7, 11) is 1.38. The van der Waals surface area contributed by atoms with Gasteiger partial charge >= 0.3 is 11.9 Å². The van der Waals surface area contributed by atoms with Crippen LogP contribution in [-0.2, 0) is 19.1 Å². The van der Waals surface area contributed by atoms with Crippen LogP contribution in [0.5, 0.6) is 0 Å². The number of carbonyl (C=O) groups excluding carboxylic acids is 2. The lowest BCUT2D eigenvalue weighted by atomic mass is 9.35. The minimum absolute atomic E-state index is 0.0473. The lowest BCUT2D eigenvalue weighted by Crippen LogP contribution is -2.64. The molecule has 0 amide bonds. The summed E-state index contributed by atoms with van der Waals surface area (Å²) in [6.07, 6.45) is 16.1. The van der Waals surface area contributed by atoms with Crippen LogP contribution in [0.15, 0.2) is 0 Å². The van der Waals surface area contributed by atoms with Crippen molar-refractivity contribution in [1.82, 2.24) is 0 Å². The number of ether oxygens (including phenoxy) is 2. The zero-order valence-corrected chi connectivity index (χ0v) is 28.4. The van der Waals surface area contributed by atoms with Gasteiger partial charge in [0.2, 0.25) is 0 Å². The monoisotopic (exact) mass is 580 g/mol. The van der Waals surface area contributed by atoms with Gasteiger partial charge in [0.1, 0.15) is 6.10 Å². The van der Waals surface area contributed by atoms with Gasteiger partial charge in [-0.05, 0) is 129 Å². The second kappa shape index (κ2) is 10.8. The second-order valence-corrected chi connectivity index (χ2v) is 17.6. The van der Waals surface area contributed by atoms with E-state index in [0.717, 1.165) is 42.4 Å².